The second kappa shape index (κ2) is 8.57. The van der Waals surface area contributed by atoms with E-state index in [1.54, 1.807) is 23.5 Å². The smallest absolute Gasteiger partial charge is 0.328 e. The molecular weight excluding hydrogens is 422 g/mol. The summed E-state index contributed by atoms with van der Waals surface area (Å²) in [6.45, 7) is 2.42. The number of sulfonamides is 1. The summed E-state index contributed by atoms with van der Waals surface area (Å²) < 4.78 is 26.8. The highest BCUT2D eigenvalue weighted by Crippen LogP contribution is 2.39. The van der Waals surface area contributed by atoms with Crippen molar-refractivity contribution >= 4 is 49.1 Å². The van der Waals surface area contributed by atoms with Gasteiger partial charge in [0.2, 0.25) is 0 Å². The molecule has 3 aromatic rings. The van der Waals surface area contributed by atoms with Crippen LogP contribution in [-0.2, 0) is 22.9 Å². The van der Waals surface area contributed by atoms with E-state index in [0.29, 0.717) is 12.2 Å². The number of anilines is 2. The number of thiophene rings is 1. The summed E-state index contributed by atoms with van der Waals surface area (Å²) in [6.07, 6.45) is 6.50. The van der Waals surface area contributed by atoms with Crippen molar-refractivity contribution in [2.45, 2.75) is 43.9 Å². The first kappa shape index (κ1) is 20.5. The van der Waals surface area contributed by atoms with Crippen molar-refractivity contribution in [2.75, 3.05) is 11.9 Å². The standard InChI is InChI=1S/C20H23N5O3S2/c1-2-3-11-21-20(26)25-30(27,28)14-9-7-13(8-10-14)24-18-17-15-5-4-6-16(15)29-19(17)23-12-22-18/h7-10,12H,2-6,11H2,1H3,(H2,21,25,26)(H,22,23,24). The van der Waals surface area contributed by atoms with E-state index in [-0.39, 0.29) is 4.90 Å². The molecule has 2 amide bonds. The van der Waals surface area contributed by atoms with Gasteiger partial charge in [0, 0.05) is 17.1 Å². The summed E-state index contributed by atoms with van der Waals surface area (Å²) in [4.78, 5) is 22.9. The van der Waals surface area contributed by atoms with Crippen molar-refractivity contribution in [3.8, 4) is 0 Å². The van der Waals surface area contributed by atoms with E-state index in [4.69, 9.17) is 0 Å². The fraction of sp³-hybridized carbons (Fsp3) is 0.350. The molecule has 30 heavy (non-hydrogen) atoms. The summed E-state index contributed by atoms with van der Waals surface area (Å²) in [7, 11) is -3.93. The number of nitrogens with zero attached hydrogens (tertiary/aromatic N) is 2. The van der Waals surface area contributed by atoms with Gasteiger partial charge in [0.25, 0.3) is 10.0 Å². The highest BCUT2D eigenvalue weighted by molar-refractivity contribution is 7.90. The average Bonchev–Trinajstić information content (AvgIpc) is 3.29. The predicted octanol–water partition coefficient (Wildman–Crippen LogP) is 3.71. The van der Waals surface area contributed by atoms with Gasteiger partial charge in [0.05, 0.1) is 10.3 Å². The van der Waals surface area contributed by atoms with Crippen LogP contribution in [0.5, 0.6) is 0 Å². The number of hydrogen-bond acceptors (Lipinski definition) is 7. The zero-order valence-corrected chi connectivity index (χ0v) is 18.2. The molecule has 8 nitrogen and oxygen atoms in total. The lowest BCUT2D eigenvalue weighted by atomic mass is 10.2. The molecule has 0 aliphatic heterocycles. The number of amides is 2. The minimum Gasteiger partial charge on any atom is -0.340 e. The van der Waals surface area contributed by atoms with Gasteiger partial charge < -0.3 is 10.6 Å². The molecule has 0 spiro atoms. The highest BCUT2D eigenvalue weighted by Gasteiger charge is 2.21. The van der Waals surface area contributed by atoms with Crippen LogP contribution in [0.15, 0.2) is 35.5 Å². The molecule has 1 aliphatic rings. The molecule has 0 saturated carbocycles. The first-order chi connectivity index (χ1) is 14.5. The number of nitrogens with one attached hydrogen (secondary N) is 3. The van der Waals surface area contributed by atoms with E-state index in [1.807, 2.05) is 11.6 Å². The first-order valence-electron chi connectivity index (χ1n) is 9.91. The van der Waals surface area contributed by atoms with Crippen molar-refractivity contribution in [1.29, 1.82) is 0 Å². The maximum atomic E-state index is 12.4. The fourth-order valence-electron chi connectivity index (χ4n) is 3.47. The number of urea groups is 1. The summed E-state index contributed by atoms with van der Waals surface area (Å²) in [6, 6.07) is 5.51. The topological polar surface area (TPSA) is 113 Å². The normalized spacial score (nSPS) is 13.2. The molecule has 0 bridgehead atoms. The maximum absolute atomic E-state index is 12.4. The lowest BCUT2D eigenvalue weighted by molar-refractivity contribution is 0.245. The van der Waals surface area contributed by atoms with Crippen molar-refractivity contribution in [2.24, 2.45) is 0 Å². The molecule has 4 rings (SSSR count). The third-order valence-corrected chi connectivity index (χ3v) is 7.52. The molecule has 0 unspecified atom stereocenters. The van der Waals surface area contributed by atoms with Gasteiger partial charge in [0.15, 0.2) is 0 Å². The molecular formula is C20H23N5O3S2. The summed E-state index contributed by atoms with van der Waals surface area (Å²) in [5.74, 6) is 0.725. The third-order valence-electron chi connectivity index (χ3n) is 4.97. The Labute approximate surface area is 179 Å². The highest BCUT2D eigenvalue weighted by atomic mass is 32.2. The zero-order valence-electron chi connectivity index (χ0n) is 16.6. The zero-order chi connectivity index (χ0) is 21.1. The van der Waals surface area contributed by atoms with Gasteiger partial charge in [0.1, 0.15) is 17.0 Å². The Kier molecular flexibility index (Phi) is 5.87. The van der Waals surface area contributed by atoms with E-state index in [1.165, 1.54) is 28.9 Å². The number of aromatic nitrogens is 2. The molecule has 0 saturated heterocycles. The largest absolute Gasteiger partial charge is 0.340 e. The molecule has 0 radical (unpaired) electrons. The summed E-state index contributed by atoms with van der Waals surface area (Å²) in [5.41, 5.74) is 2.02. The number of rotatable bonds is 7. The average molecular weight is 446 g/mol. The second-order valence-corrected chi connectivity index (χ2v) is 9.89. The number of aryl methyl sites for hydroxylation is 2. The molecule has 0 atom stereocenters. The van der Waals surface area contributed by atoms with Crippen LogP contribution in [0.3, 0.4) is 0 Å². The third kappa shape index (κ3) is 4.24. The Morgan fingerprint density at radius 2 is 1.97 bits per heavy atom. The predicted molar refractivity (Wildman–Crippen MR) is 118 cm³/mol. The van der Waals surface area contributed by atoms with Crippen LogP contribution in [0.25, 0.3) is 10.2 Å². The van der Waals surface area contributed by atoms with Gasteiger partial charge in [-0.2, -0.15) is 0 Å². The lowest BCUT2D eigenvalue weighted by Gasteiger charge is -2.10. The number of unbranched alkanes of at least 4 members (excludes halogenated alkanes) is 1. The SMILES string of the molecule is CCCCNC(=O)NS(=O)(=O)c1ccc(Nc2ncnc3sc4c(c23)CCC4)cc1. The minimum atomic E-state index is -3.93. The van der Waals surface area contributed by atoms with Gasteiger partial charge >= 0.3 is 6.03 Å². The first-order valence-corrected chi connectivity index (χ1v) is 12.2. The van der Waals surface area contributed by atoms with Crippen molar-refractivity contribution in [3.63, 3.8) is 0 Å². The van der Waals surface area contributed by atoms with Crippen LogP contribution < -0.4 is 15.4 Å². The van der Waals surface area contributed by atoms with Crippen LogP contribution in [-0.4, -0.2) is 31.0 Å². The molecule has 158 valence electrons. The van der Waals surface area contributed by atoms with Crippen molar-refractivity contribution in [1.82, 2.24) is 20.0 Å². The van der Waals surface area contributed by atoms with Gasteiger partial charge in [-0.15, -0.1) is 11.3 Å². The number of carbonyl (C=O) groups excluding carboxylic acids is 1. The van der Waals surface area contributed by atoms with Crippen LogP contribution in [0.4, 0.5) is 16.3 Å². The van der Waals surface area contributed by atoms with E-state index in [2.05, 4.69) is 20.6 Å². The summed E-state index contributed by atoms with van der Waals surface area (Å²) >= 11 is 1.71. The van der Waals surface area contributed by atoms with Crippen LogP contribution in [0.1, 0.15) is 36.6 Å². The lowest BCUT2D eigenvalue weighted by Crippen LogP contribution is -2.39. The van der Waals surface area contributed by atoms with E-state index in [0.717, 1.165) is 48.1 Å². The Hall–Kier alpha value is -2.72. The number of fused-ring (bicyclic) bond motifs is 3. The quantitative estimate of drug-likeness (QED) is 0.478. The molecule has 3 N–H and O–H groups in total. The second-order valence-electron chi connectivity index (χ2n) is 7.12. The Morgan fingerprint density at radius 3 is 2.73 bits per heavy atom. The number of benzene rings is 1. The van der Waals surface area contributed by atoms with E-state index < -0.39 is 16.1 Å². The van der Waals surface area contributed by atoms with Crippen LogP contribution >= 0.6 is 11.3 Å². The molecule has 1 aromatic carbocycles. The molecule has 10 heteroatoms. The minimum absolute atomic E-state index is 0.0166. The number of carbonyl (C=O) groups is 1. The Morgan fingerprint density at radius 1 is 1.17 bits per heavy atom. The van der Waals surface area contributed by atoms with Gasteiger partial charge in [-0.3, -0.25) is 0 Å². The van der Waals surface area contributed by atoms with Gasteiger partial charge in [-0.25, -0.2) is 27.9 Å². The van der Waals surface area contributed by atoms with Crippen LogP contribution in [0.2, 0.25) is 0 Å². The van der Waals surface area contributed by atoms with Gasteiger partial charge in [-0.1, -0.05) is 13.3 Å². The number of hydrogen-bond donors (Lipinski definition) is 3. The van der Waals surface area contributed by atoms with E-state index >= 15 is 0 Å². The van der Waals surface area contributed by atoms with Crippen molar-refractivity contribution in [3.05, 3.63) is 41.0 Å². The van der Waals surface area contributed by atoms with Gasteiger partial charge in [-0.05, 0) is 55.5 Å². The molecule has 2 aromatic heterocycles. The van der Waals surface area contributed by atoms with Crippen LogP contribution in [0, 0.1) is 0 Å². The fourth-order valence-corrected chi connectivity index (χ4v) is 5.63. The Bertz CT molecular complexity index is 1170. The summed E-state index contributed by atoms with van der Waals surface area (Å²) in [5, 5.41) is 6.86. The monoisotopic (exact) mass is 445 g/mol. The molecule has 1 aliphatic carbocycles. The molecule has 0 fully saturated rings. The Balaban J connectivity index is 1.49. The van der Waals surface area contributed by atoms with E-state index in [9.17, 15) is 13.2 Å². The maximum Gasteiger partial charge on any atom is 0.328 e. The molecule has 2 heterocycles. The van der Waals surface area contributed by atoms with Crippen molar-refractivity contribution < 1.29 is 13.2 Å².